The summed E-state index contributed by atoms with van der Waals surface area (Å²) in [6.07, 6.45) is 1.69. The predicted octanol–water partition coefficient (Wildman–Crippen LogP) is 2.95. The topological polar surface area (TPSA) is 66.9 Å². The van der Waals surface area contributed by atoms with E-state index in [2.05, 4.69) is 0 Å². The van der Waals surface area contributed by atoms with Crippen molar-refractivity contribution in [3.05, 3.63) is 65.5 Å². The van der Waals surface area contributed by atoms with E-state index in [4.69, 9.17) is 4.74 Å². The van der Waals surface area contributed by atoms with Gasteiger partial charge in [-0.1, -0.05) is 30.3 Å². The van der Waals surface area contributed by atoms with Gasteiger partial charge in [0.2, 0.25) is 5.91 Å². The number of fused-ring (bicyclic) bond motifs is 1. The maximum absolute atomic E-state index is 13.9. The van der Waals surface area contributed by atoms with E-state index in [-0.39, 0.29) is 30.0 Å². The summed E-state index contributed by atoms with van der Waals surface area (Å²) in [5, 5.41) is 0. The van der Waals surface area contributed by atoms with Gasteiger partial charge >= 0.3 is 5.97 Å². The molecule has 2 aromatic rings. The lowest BCUT2D eigenvalue weighted by atomic mass is 10.0. The molecule has 4 rings (SSSR count). The lowest BCUT2D eigenvalue weighted by Gasteiger charge is -2.33. The second kappa shape index (κ2) is 8.65. The number of rotatable bonds is 4. The molecule has 0 saturated carbocycles. The van der Waals surface area contributed by atoms with E-state index in [0.717, 1.165) is 11.3 Å². The summed E-state index contributed by atoms with van der Waals surface area (Å²) in [6.45, 7) is 0.650. The highest BCUT2D eigenvalue weighted by Crippen LogP contribution is 2.27. The lowest BCUT2D eigenvalue weighted by molar-refractivity contribution is -0.149. The number of anilines is 1. The number of halogens is 1. The fourth-order valence-corrected chi connectivity index (χ4v) is 4.00. The zero-order valence-corrected chi connectivity index (χ0v) is 16.6. The molecule has 2 heterocycles. The summed E-state index contributed by atoms with van der Waals surface area (Å²) in [5.74, 6) is -1.44. The van der Waals surface area contributed by atoms with E-state index in [9.17, 15) is 18.8 Å². The van der Waals surface area contributed by atoms with Gasteiger partial charge in [0.25, 0.3) is 5.91 Å². The first-order chi connectivity index (χ1) is 14.5. The minimum atomic E-state index is -0.539. The van der Waals surface area contributed by atoms with Crippen molar-refractivity contribution in [1.82, 2.24) is 4.90 Å². The maximum Gasteiger partial charge on any atom is 0.326 e. The third-order valence-electron chi connectivity index (χ3n) is 5.61. The van der Waals surface area contributed by atoms with Crippen molar-refractivity contribution in [1.29, 1.82) is 0 Å². The number of benzene rings is 2. The van der Waals surface area contributed by atoms with Gasteiger partial charge < -0.3 is 14.5 Å². The third kappa shape index (κ3) is 4.20. The summed E-state index contributed by atoms with van der Waals surface area (Å²) >= 11 is 0. The fourth-order valence-electron chi connectivity index (χ4n) is 4.00. The van der Waals surface area contributed by atoms with E-state index in [1.807, 2.05) is 24.3 Å². The van der Waals surface area contributed by atoms with Crippen molar-refractivity contribution in [2.75, 3.05) is 24.5 Å². The predicted molar refractivity (Wildman–Crippen MR) is 109 cm³/mol. The molecule has 1 fully saturated rings. The Morgan fingerprint density at radius 2 is 1.70 bits per heavy atom. The second-order valence-electron chi connectivity index (χ2n) is 7.57. The van der Waals surface area contributed by atoms with Crippen molar-refractivity contribution in [3.8, 4) is 0 Å². The Labute approximate surface area is 174 Å². The number of carbonyl (C=O) groups excluding carboxylic acids is 3. The monoisotopic (exact) mass is 410 g/mol. The van der Waals surface area contributed by atoms with Gasteiger partial charge in [-0.15, -0.1) is 0 Å². The van der Waals surface area contributed by atoms with Crippen molar-refractivity contribution in [3.63, 3.8) is 0 Å². The van der Waals surface area contributed by atoms with E-state index in [1.165, 1.54) is 17.0 Å². The Balaban J connectivity index is 1.31. The molecule has 2 aromatic carbocycles. The number of para-hydroxylation sites is 1. The molecule has 0 bridgehead atoms. The molecule has 0 aromatic heterocycles. The molecular formula is C23H23FN2O4. The first kappa shape index (κ1) is 20.1. The average molecular weight is 410 g/mol. The molecule has 2 amide bonds. The molecule has 0 spiro atoms. The quantitative estimate of drug-likeness (QED) is 0.727. The highest BCUT2D eigenvalue weighted by Gasteiger charge is 2.30. The summed E-state index contributed by atoms with van der Waals surface area (Å²) in [4.78, 5) is 40.3. The second-order valence-corrected chi connectivity index (χ2v) is 7.57. The van der Waals surface area contributed by atoms with Crippen LogP contribution in [-0.4, -0.2) is 48.4 Å². The third-order valence-corrected chi connectivity index (χ3v) is 5.61. The van der Waals surface area contributed by atoms with Gasteiger partial charge in [-0.25, -0.2) is 4.39 Å². The van der Waals surface area contributed by atoms with Crippen molar-refractivity contribution < 1.29 is 23.5 Å². The summed E-state index contributed by atoms with van der Waals surface area (Å²) in [6, 6.07) is 13.5. The van der Waals surface area contributed by atoms with Crippen molar-refractivity contribution in [2.45, 2.75) is 31.8 Å². The zero-order valence-electron chi connectivity index (χ0n) is 16.6. The van der Waals surface area contributed by atoms with Gasteiger partial charge in [-0.2, -0.15) is 0 Å². The first-order valence-electron chi connectivity index (χ1n) is 10.1. The van der Waals surface area contributed by atoms with Crippen LogP contribution in [0.2, 0.25) is 0 Å². The Kier molecular flexibility index (Phi) is 5.79. The Morgan fingerprint density at radius 1 is 1.00 bits per heavy atom. The van der Waals surface area contributed by atoms with Crippen LogP contribution in [-0.2, 0) is 20.7 Å². The highest BCUT2D eigenvalue weighted by atomic mass is 19.1. The normalized spacial score (nSPS) is 16.9. The van der Waals surface area contributed by atoms with Gasteiger partial charge in [0.1, 0.15) is 18.5 Å². The SMILES string of the molecule is O=C(CN1C(=O)CCc2ccccc21)OC1CCN(C(=O)c2ccccc2F)CC1. The molecule has 0 aliphatic carbocycles. The molecule has 1 saturated heterocycles. The highest BCUT2D eigenvalue weighted by molar-refractivity contribution is 6.00. The van der Waals surface area contributed by atoms with Gasteiger partial charge in [-0.05, 0) is 30.2 Å². The minimum Gasteiger partial charge on any atom is -0.461 e. The summed E-state index contributed by atoms with van der Waals surface area (Å²) < 4.78 is 19.4. The number of hydrogen-bond acceptors (Lipinski definition) is 4. The van der Waals surface area contributed by atoms with E-state index >= 15 is 0 Å². The van der Waals surface area contributed by atoms with Gasteiger partial charge in [0.05, 0.1) is 5.56 Å². The fraction of sp³-hybridized carbons (Fsp3) is 0.348. The van der Waals surface area contributed by atoms with Gasteiger partial charge in [-0.3, -0.25) is 14.4 Å². The number of hydrogen-bond donors (Lipinski definition) is 0. The molecule has 2 aliphatic rings. The van der Waals surface area contributed by atoms with Crippen LogP contribution < -0.4 is 4.90 Å². The number of amides is 2. The molecule has 0 N–H and O–H groups in total. The van der Waals surface area contributed by atoms with Crippen molar-refractivity contribution >= 4 is 23.5 Å². The summed E-state index contributed by atoms with van der Waals surface area (Å²) in [7, 11) is 0. The van der Waals surface area contributed by atoms with E-state index in [1.54, 1.807) is 17.0 Å². The van der Waals surface area contributed by atoms with Crippen LogP contribution in [0.3, 0.4) is 0 Å². The molecule has 0 unspecified atom stereocenters. The van der Waals surface area contributed by atoms with Crippen LogP contribution >= 0.6 is 0 Å². The molecule has 156 valence electrons. The number of carbonyl (C=O) groups is 3. The van der Waals surface area contributed by atoms with Crippen LogP contribution in [0, 0.1) is 5.82 Å². The molecular weight excluding hydrogens is 387 g/mol. The molecule has 0 radical (unpaired) electrons. The minimum absolute atomic E-state index is 0.0511. The summed E-state index contributed by atoms with van der Waals surface area (Å²) in [5.41, 5.74) is 1.86. The number of nitrogens with zero attached hydrogens (tertiary/aromatic N) is 2. The largest absolute Gasteiger partial charge is 0.461 e. The molecule has 0 atom stereocenters. The number of piperidine rings is 1. The number of aryl methyl sites for hydroxylation is 1. The Bertz CT molecular complexity index is 969. The number of likely N-dealkylation sites (tertiary alicyclic amines) is 1. The van der Waals surface area contributed by atoms with E-state index < -0.39 is 11.8 Å². The first-order valence-corrected chi connectivity index (χ1v) is 10.1. The molecule has 6 nitrogen and oxygen atoms in total. The standard InChI is InChI=1S/C23H23FN2O4/c24-19-7-3-2-6-18(19)23(29)25-13-11-17(12-14-25)30-22(28)15-26-20-8-4-1-5-16(20)9-10-21(26)27/h1-8,17H,9-15H2. The molecule has 7 heteroatoms. The van der Waals surface area contributed by atoms with Crippen LogP contribution in [0.5, 0.6) is 0 Å². The van der Waals surface area contributed by atoms with E-state index in [0.29, 0.717) is 38.8 Å². The van der Waals surface area contributed by atoms with Crippen LogP contribution in [0.15, 0.2) is 48.5 Å². The molecule has 30 heavy (non-hydrogen) atoms. The lowest BCUT2D eigenvalue weighted by Crippen LogP contribution is -2.44. The van der Waals surface area contributed by atoms with Crippen LogP contribution in [0.25, 0.3) is 0 Å². The van der Waals surface area contributed by atoms with Crippen molar-refractivity contribution in [2.24, 2.45) is 0 Å². The van der Waals surface area contributed by atoms with Crippen LogP contribution in [0.4, 0.5) is 10.1 Å². The van der Waals surface area contributed by atoms with Crippen LogP contribution in [0.1, 0.15) is 35.2 Å². The smallest absolute Gasteiger partial charge is 0.326 e. The van der Waals surface area contributed by atoms with Gasteiger partial charge in [0, 0.05) is 38.0 Å². The number of esters is 1. The maximum atomic E-state index is 13.9. The van der Waals surface area contributed by atoms with Gasteiger partial charge in [0.15, 0.2) is 0 Å². The number of ether oxygens (including phenoxy) is 1. The Morgan fingerprint density at radius 3 is 2.47 bits per heavy atom. The zero-order chi connectivity index (χ0) is 21.1. The average Bonchev–Trinajstić information content (AvgIpc) is 2.76. The molecule has 2 aliphatic heterocycles. The Hall–Kier alpha value is -3.22.